The Morgan fingerprint density at radius 1 is 1.20 bits per heavy atom. The van der Waals surface area contributed by atoms with Crippen LogP contribution in [-0.4, -0.2) is 9.78 Å². The van der Waals surface area contributed by atoms with Gasteiger partial charge in [0.05, 0.1) is 27.1 Å². The van der Waals surface area contributed by atoms with Crippen LogP contribution in [-0.2, 0) is 6.54 Å². The molecule has 20 heavy (non-hydrogen) atoms. The van der Waals surface area contributed by atoms with E-state index in [-0.39, 0.29) is 0 Å². The summed E-state index contributed by atoms with van der Waals surface area (Å²) in [6.07, 6.45) is 0. The van der Waals surface area contributed by atoms with Crippen LogP contribution in [0.2, 0.25) is 10.0 Å². The fourth-order valence-corrected chi connectivity index (χ4v) is 2.58. The largest absolute Gasteiger partial charge is 0.378 e. The zero-order valence-electron chi connectivity index (χ0n) is 12.2. The monoisotopic (exact) mass is 311 g/mol. The van der Waals surface area contributed by atoms with Crippen molar-refractivity contribution in [3.63, 3.8) is 0 Å². The van der Waals surface area contributed by atoms with E-state index >= 15 is 0 Å². The van der Waals surface area contributed by atoms with Gasteiger partial charge in [0.2, 0.25) is 0 Å². The van der Waals surface area contributed by atoms with E-state index in [1.54, 1.807) is 0 Å². The Labute approximate surface area is 129 Å². The first-order valence-corrected chi connectivity index (χ1v) is 7.39. The van der Waals surface area contributed by atoms with E-state index < -0.39 is 0 Å². The van der Waals surface area contributed by atoms with E-state index in [0.29, 0.717) is 22.6 Å². The molecule has 0 aliphatic rings. The van der Waals surface area contributed by atoms with Crippen molar-refractivity contribution in [2.24, 2.45) is 0 Å². The van der Waals surface area contributed by atoms with Crippen molar-refractivity contribution in [3.05, 3.63) is 45.2 Å². The second-order valence-corrected chi connectivity index (χ2v) is 6.00. The summed E-state index contributed by atoms with van der Waals surface area (Å²) in [6, 6.07) is 6.03. The van der Waals surface area contributed by atoms with Gasteiger partial charge < -0.3 is 5.32 Å². The highest BCUT2D eigenvalue weighted by atomic mass is 35.5. The van der Waals surface area contributed by atoms with Crippen molar-refractivity contribution in [1.82, 2.24) is 9.78 Å². The SMILES string of the molecule is Cc1nn(C(C)C)c(C)c1NCc1ccc(Cl)c(Cl)c1. The minimum absolute atomic E-state index is 0.356. The molecule has 0 atom stereocenters. The summed E-state index contributed by atoms with van der Waals surface area (Å²) >= 11 is 11.9. The van der Waals surface area contributed by atoms with Crippen LogP contribution in [0.4, 0.5) is 5.69 Å². The second-order valence-electron chi connectivity index (χ2n) is 5.19. The highest BCUT2D eigenvalue weighted by molar-refractivity contribution is 6.42. The number of hydrogen-bond donors (Lipinski definition) is 1. The van der Waals surface area contributed by atoms with Gasteiger partial charge >= 0.3 is 0 Å². The molecule has 0 saturated carbocycles. The molecule has 1 N–H and O–H groups in total. The third-order valence-corrected chi connectivity index (χ3v) is 4.01. The van der Waals surface area contributed by atoms with Crippen LogP contribution in [0.15, 0.2) is 18.2 Å². The summed E-state index contributed by atoms with van der Waals surface area (Å²) in [5.74, 6) is 0. The predicted octanol–water partition coefficient (Wildman–Crippen LogP) is 5.00. The van der Waals surface area contributed by atoms with E-state index in [2.05, 4.69) is 31.2 Å². The van der Waals surface area contributed by atoms with Crippen LogP contribution >= 0.6 is 23.2 Å². The van der Waals surface area contributed by atoms with Crippen LogP contribution in [0.25, 0.3) is 0 Å². The predicted molar refractivity (Wildman–Crippen MR) is 85.9 cm³/mol. The number of benzene rings is 1. The van der Waals surface area contributed by atoms with Crippen molar-refractivity contribution >= 4 is 28.9 Å². The highest BCUT2D eigenvalue weighted by Crippen LogP contribution is 2.25. The van der Waals surface area contributed by atoms with Gasteiger partial charge in [-0.2, -0.15) is 5.10 Å². The maximum atomic E-state index is 6.03. The Morgan fingerprint density at radius 2 is 1.90 bits per heavy atom. The van der Waals surface area contributed by atoms with Gasteiger partial charge in [0.1, 0.15) is 0 Å². The third kappa shape index (κ3) is 3.10. The topological polar surface area (TPSA) is 29.9 Å². The van der Waals surface area contributed by atoms with Gasteiger partial charge in [-0.25, -0.2) is 0 Å². The van der Waals surface area contributed by atoms with Crippen LogP contribution in [0.5, 0.6) is 0 Å². The van der Waals surface area contributed by atoms with E-state index in [9.17, 15) is 0 Å². The molecular weight excluding hydrogens is 293 g/mol. The number of hydrogen-bond acceptors (Lipinski definition) is 2. The Balaban J connectivity index is 2.16. The molecule has 1 aromatic carbocycles. The van der Waals surface area contributed by atoms with Gasteiger partial charge in [-0.3, -0.25) is 4.68 Å². The van der Waals surface area contributed by atoms with Gasteiger partial charge in [-0.1, -0.05) is 29.3 Å². The lowest BCUT2D eigenvalue weighted by Crippen LogP contribution is -2.06. The molecule has 0 unspecified atom stereocenters. The van der Waals surface area contributed by atoms with E-state index in [0.717, 1.165) is 22.6 Å². The first-order valence-electron chi connectivity index (χ1n) is 6.63. The zero-order valence-corrected chi connectivity index (χ0v) is 13.7. The summed E-state index contributed by atoms with van der Waals surface area (Å²) in [7, 11) is 0. The lowest BCUT2D eigenvalue weighted by molar-refractivity contribution is 0.516. The molecule has 108 valence electrons. The summed E-state index contributed by atoms with van der Waals surface area (Å²) in [5, 5.41) is 9.15. The second kappa shape index (κ2) is 6.06. The average molecular weight is 312 g/mol. The minimum atomic E-state index is 0.356. The van der Waals surface area contributed by atoms with Gasteiger partial charge in [-0.15, -0.1) is 0 Å². The van der Waals surface area contributed by atoms with Gasteiger partial charge in [-0.05, 0) is 45.4 Å². The maximum Gasteiger partial charge on any atom is 0.0828 e. The van der Waals surface area contributed by atoms with Gasteiger partial charge in [0.25, 0.3) is 0 Å². The van der Waals surface area contributed by atoms with Crippen molar-refractivity contribution < 1.29 is 0 Å². The summed E-state index contributed by atoms with van der Waals surface area (Å²) < 4.78 is 2.03. The number of anilines is 1. The number of halogens is 2. The molecule has 2 aromatic rings. The number of aromatic nitrogens is 2. The molecule has 0 radical (unpaired) electrons. The lowest BCUT2D eigenvalue weighted by Gasteiger charge is -2.10. The molecule has 3 nitrogen and oxygen atoms in total. The molecule has 0 spiro atoms. The lowest BCUT2D eigenvalue weighted by atomic mass is 10.2. The van der Waals surface area contributed by atoms with Gasteiger partial charge in [0, 0.05) is 12.6 Å². The summed E-state index contributed by atoms with van der Waals surface area (Å²) in [4.78, 5) is 0. The average Bonchev–Trinajstić information content (AvgIpc) is 2.67. The molecule has 1 heterocycles. The minimum Gasteiger partial charge on any atom is -0.378 e. The van der Waals surface area contributed by atoms with Crippen LogP contribution in [0.1, 0.15) is 36.8 Å². The van der Waals surface area contributed by atoms with Crippen molar-refractivity contribution in [2.45, 2.75) is 40.3 Å². The summed E-state index contributed by atoms with van der Waals surface area (Å²) in [6.45, 7) is 9.05. The Hall–Kier alpha value is -1.19. The third-order valence-electron chi connectivity index (χ3n) is 3.27. The fourth-order valence-electron chi connectivity index (χ4n) is 2.26. The van der Waals surface area contributed by atoms with Crippen LogP contribution in [0.3, 0.4) is 0 Å². The molecule has 0 fully saturated rings. The first kappa shape index (κ1) is 15.2. The molecule has 5 heteroatoms. The molecule has 0 bridgehead atoms. The molecule has 1 aromatic heterocycles. The number of rotatable bonds is 4. The Kier molecular flexibility index (Phi) is 4.61. The van der Waals surface area contributed by atoms with Crippen LogP contribution in [0, 0.1) is 13.8 Å². The summed E-state index contributed by atoms with van der Waals surface area (Å²) in [5.41, 5.74) is 4.34. The number of nitrogens with zero attached hydrogens (tertiary/aromatic N) is 2. The van der Waals surface area contributed by atoms with Crippen molar-refractivity contribution in [3.8, 4) is 0 Å². The Bertz CT molecular complexity index is 618. The fraction of sp³-hybridized carbons (Fsp3) is 0.400. The smallest absolute Gasteiger partial charge is 0.0828 e. The molecule has 2 rings (SSSR count). The quantitative estimate of drug-likeness (QED) is 0.861. The highest BCUT2D eigenvalue weighted by Gasteiger charge is 2.13. The van der Waals surface area contributed by atoms with E-state index in [1.165, 1.54) is 0 Å². The molecule has 0 saturated heterocycles. The van der Waals surface area contributed by atoms with Crippen molar-refractivity contribution in [2.75, 3.05) is 5.32 Å². The Morgan fingerprint density at radius 3 is 2.45 bits per heavy atom. The number of aryl methyl sites for hydroxylation is 1. The molecule has 0 aliphatic heterocycles. The van der Waals surface area contributed by atoms with Crippen LogP contribution < -0.4 is 5.32 Å². The van der Waals surface area contributed by atoms with Crippen molar-refractivity contribution in [1.29, 1.82) is 0 Å². The molecule has 0 amide bonds. The zero-order chi connectivity index (χ0) is 14.9. The van der Waals surface area contributed by atoms with Gasteiger partial charge in [0.15, 0.2) is 0 Å². The normalized spacial score (nSPS) is 11.2. The molecule has 0 aliphatic carbocycles. The standard InChI is InChI=1S/C15H19Cl2N3/c1-9(2)20-11(4)15(10(3)19-20)18-8-12-5-6-13(16)14(17)7-12/h5-7,9,18H,8H2,1-4H3. The first-order chi connectivity index (χ1) is 9.40. The van der Waals surface area contributed by atoms with E-state index in [4.69, 9.17) is 23.2 Å². The maximum absolute atomic E-state index is 6.03. The van der Waals surface area contributed by atoms with E-state index in [1.807, 2.05) is 29.8 Å². The number of nitrogens with one attached hydrogen (secondary N) is 1. The molecular formula is C15H19Cl2N3.